The molecule has 0 N–H and O–H groups in total. The summed E-state index contributed by atoms with van der Waals surface area (Å²) in [6.07, 6.45) is 7.02. The molecule has 0 bridgehead atoms. The second-order valence-electron chi connectivity index (χ2n) is 11.8. The molecular formula is C43H27N7. The Bertz CT molecular complexity index is 2270. The summed E-state index contributed by atoms with van der Waals surface area (Å²) >= 11 is 0. The van der Waals surface area contributed by atoms with Gasteiger partial charge in [0.15, 0.2) is 23.3 Å². The summed E-state index contributed by atoms with van der Waals surface area (Å²) in [5.74, 6) is 2.27. The van der Waals surface area contributed by atoms with E-state index in [-0.39, 0.29) is 0 Å². The van der Waals surface area contributed by atoms with Crippen LogP contribution in [0.25, 0.3) is 89.6 Å². The molecule has 5 aromatic carbocycles. The van der Waals surface area contributed by atoms with E-state index in [1.807, 2.05) is 72.8 Å². The number of benzene rings is 5. The van der Waals surface area contributed by atoms with E-state index in [1.165, 1.54) is 0 Å². The fraction of sp³-hybridized carbons (Fsp3) is 0. The van der Waals surface area contributed by atoms with Gasteiger partial charge in [0.1, 0.15) is 0 Å². The number of fused-ring (bicyclic) bond motifs is 2. The number of hydrogen-bond donors (Lipinski definition) is 0. The highest BCUT2D eigenvalue weighted by molar-refractivity contribution is 6.20. The summed E-state index contributed by atoms with van der Waals surface area (Å²) in [4.78, 5) is 34.2. The van der Waals surface area contributed by atoms with E-state index in [9.17, 15) is 0 Å². The molecule has 4 heterocycles. The number of hydrogen-bond acceptors (Lipinski definition) is 7. The third kappa shape index (κ3) is 5.33. The maximum Gasteiger partial charge on any atom is 0.165 e. The molecule has 0 amide bonds. The van der Waals surface area contributed by atoms with Crippen LogP contribution >= 0.6 is 0 Å². The van der Waals surface area contributed by atoms with Gasteiger partial charge in [0.2, 0.25) is 0 Å². The van der Waals surface area contributed by atoms with Gasteiger partial charge in [-0.05, 0) is 51.9 Å². The Morgan fingerprint density at radius 3 is 1.06 bits per heavy atom. The largest absolute Gasteiger partial charge is 0.264 e. The zero-order valence-electron chi connectivity index (χ0n) is 26.7. The maximum atomic E-state index is 5.24. The van der Waals surface area contributed by atoms with E-state index in [2.05, 4.69) is 76.7 Å². The van der Waals surface area contributed by atoms with Crippen LogP contribution < -0.4 is 0 Å². The standard InChI is InChI=1S/C43H27N7/c1-3-13-28(14-4-1)36-25-37(29-15-5-2-6-16-29)47-42(46-36)38-32-19-7-9-21-34(32)39(35-22-10-8-20-33(35)38)43-49-40(30-17-11-23-44-26-30)48-41(50-43)31-18-12-24-45-27-31/h1-27H. The molecule has 0 fully saturated rings. The molecule has 0 aliphatic heterocycles. The Labute approximate surface area is 288 Å². The van der Waals surface area contributed by atoms with Crippen LogP contribution in [0.3, 0.4) is 0 Å². The fourth-order valence-corrected chi connectivity index (χ4v) is 6.42. The van der Waals surface area contributed by atoms with Crippen LogP contribution in [0.5, 0.6) is 0 Å². The number of nitrogens with zero attached hydrogens (tertiary/aromatic N) is 7. The summed E-state index contributed by atoms with van der Waals surface area (Å²) in [6, 6.07) is 47.0. The fourth-order valence-electron chi connectivity index (χ4n) is 6.42. The van der Waals surface area contributed by atoms with Gasteiger partial charge in [0.05, 0.1) is 11.4 Å². The van der Waals surface area contributed by atoms with E-state index in [0.717, 1.165) is 66.3 Å². The van der Waals surface area contributed by atoms with Crippen molar-refractivity contribution in [3.8, 4) is 68.1 Å². The maximum absolute atomic E-state index is 5.24. The molecule has 0 saturated heterocycles. The van der Waals surface area contributed by atoms with Crippen LogP contribution in [0.2, 0.25) is 0 Å². The first kappa shape index (κ1) is 29.2. The van der Waals surface area contributed by atoms with Crippen molar-refractivity contribution < 1.29 is 0 Å². The van der Waals surface area contributed by atoms with Crippen molar-refractivity contribution in [2.24, 2.45) is 0 Å². The number of rotatable bonds is 6. The average molecular weight is 642 g/mol. The van der Waals surface area contributed by atoms with Crippen molar-refractivity contribution in [1.82, 2.24) is 34.9 Å². The molecule has 0 spiro atoms. The van der Waals surface area contributed by atoms with Gasteiger partial charge in [-0.25, -0.2) is 24.9 Å². The first-order valence-corrected chi connectivity index (χ1v) is 16.3. The lowest BCUT2D eigenvalue weighted by Crippen LogP contribution is -2.02. The van der Waals surface area contributed by atoms with E-state index < -0.39 is 0 Å². The molecule has 9 rings (SSSR count). The molecule has 0 unspecified atom stereocenters. The van der Waals surface area contributed by atoms with E-state index in [0.29, 0.717) is 23.3 Å². The van der Waals surface area contributed by atoms with Gasteiger partial charge in [-0.1, -0.05) is 109 Å². The van der Waals surface area contributed by atoms with Gasteiger partial charge < -0.3 is 0 Å². The molecule has 234 valence electrons. The van der Waals surface area contributed by atoms with E-state index in [4.69, 9.17) is 24.9 Å². The lowest BCUT2D eigenvalue weighted by molar-refractivity contribution is 1.07. The predicted octanol–water partition coefficient (Wildman–Crippen LogP) is 9.76. The van der Waals surface area contributed by atoms with Crippen molar-refractivity contribution in [1.29, 1.82) is 0 Å². The summed E-state index contributed by atoms with van der Waals surface area (Å²) in [6.45, 7) is 0. The van der Waals surface area contributed by atoms with Gasteiger partial charge in [0.25, 0.3) is 0 Å². The molecule has 7 nitrogen and oxygen atoms in total. The van der Waals surface area contributed by atoms with Crippen molar-refractivity contribution in [3.63, 3.8) is 0 Å². The van der Waals surface area contributed by atoms with Gasteiger partial charge in [0, 0.05) is 58.2 Å². The Hall–Kier alpha value is -6.99. The molecule has 9 aromatic rings. The van der Waals surface area contributed by atoms with Crippen molar-refractivity contribution in [3.05, 3.63) is 164 Å². The van der Waals surface area contributed by atoms with Crippen molar-refractivity contribution >= 4 is 21.5 Å². The zero-order chi connectivity index (χ0) is 33.3. The SMILES string of the molecule is c1ccc(-c2cc(-c3ccccc3)nc(-c3c4ccccc4c(-c4nc(-c5cccnc5)nc(-c5cccnc5)n4)c4ccccc34)n2)cc1. The second-order valence-corrected chi connectivity index (χ2v) is 11.8. The molecule has 0 aliphatic rings. The molecule has 7 heteroatoms. The third-order valence-corrected chi connectivity index (χ3v) is 8.72. The Kier molecular flexibility index (Phi) is 7.33. The van der Waals surface area contributed by atoms with Crippen molar-refractivity contribution in [2.45, 2.75) is 0 Å². The third-order valence-electron chi connectivity index (χ3n) is 8.72. The van der Waals surface area contributed by atoms with Gasteiger partial charge >= 0.3 is 0 Å². The first-order valence-electron chi connectivity index (χ1n) is 16.3. The minimum Gasteiger partial charge on any atom is -0.264 e. The minimum absolute atomic E-state index is 0.533. The molecule has 0 aliphatic carbocycles. The summed E-state index contributed by atoms with van der Waals surface area (Å²) in [5, 5.41) is 3.96. The van der Waals surface area contributed by atoms with Gasteiger partial charge in [-0.15, -0.1) is 0 Å². The van der Waals surface area contributed by atoms with Crippen LogP contribution in [-0.4, -0.2) is 34.9 Å². The first-order chi connectivity index (χ1) is 24.8. The van der Waals surface area contributed by atoms with Crippen LogP contribution in [0, 0.1) is 0 Å². The summed E-state index contributed by atoms with van der Waals surface area (Å²) in [7, 11) is 0. The Morgan fingerprint density at radius 1 is 0.300 bits per heavy atom. The topological polar surface area (TPSA) is 90.2 Å². The molecule has 50 heavy (non-hydrogen) atoms. The quantitative estimate of drug-likeness (QED) is 0.167. The normalized spacial score (nSPS) is 11.2. The molecule has 0 radical (unpaired) electrons. The van der Waals surface area contributed by atoms with Crippen LogP contribution in [0.4, 0.5) is 0 Å². The number of pyridine rings is 2. The molecular weight excluding hydrogens is 615 g/mol. The Morgan fingerprint density at radius 2 is 0.660 bits per heavy atom. The van der Waals surface area contributed by atoms with Crippen LogP contribution in [0.1, 0.15) is 0 Å². The summed E-state index contributed by atoms with van der Waals surface area (Å²) < 4.78 is 0. The highest BCUT2D eigenvalue weighted by Gasteiger charge is 2.22. The lowest BCUT2D eigenvalue weighted by Gasteiger charge is -2.17. The monoisotopic (exact) mass is 641 g/mol. The average Bonchev–Trinajstić information content (AvgIpc) is 3.21. The van der Waals surface area contributed by atoms with Gasteiger partial charge in [-0.3, -0.25) is 9.97 Å². The Balaban J connectivity index is 1.35. The molecule has 0 saturated carbocycles. The van der Waals surface area contributed by atoms with Gasteiger partial charge in [-0.2, -0.15) is 0 Å². The van der Waals surface area contributed by atoms with E-state index in [1.54, 1.807) is 24.8 Å². The summed E-state index contributed by atoms with van der Waals surface area (Å²) in [5.41, 5.74) is 7.20. The smallest absolute Gasteiger partial charge is 0.165 e. The van der Waals surface area contributed by atoms with E-state index >= 15 is 0 Å². The van der Waals surface area contributed by atoms with Crippen LogP contribution in [0.15, 0.2) is 164 Å². The zero-order valence-corrected chi connectivity index (χ0v) is 26.7. The van der Waals surface area contributed by atoms with Crippen LogP contribution in [-0.2, 0) is 0 Å². The molecule has 0 atom stereocenters. The predicted molar refractivity (Wildman–Crippen MR) is 199 cm³/mol. The number of aromatic nitrogens is 7. The lowest BCUT2D eigenvalue weighted by atomic mass is 9.90. The highest BCUT2D eigenvalue weighted by Crippen LogP contribution is 2.43. The minimum atomic E-state index is 0.533. The second kappa shape index (κ2) is 12.6. The molecule has 4 aromatic heterocycles. The van der Waals surface area contributed by atoms with Crippen molar-refractivity contribution in [2.75, 3.05) is 0 Å². The highest BCUT2D eigenvalue weighted by atomic mass is 15.0.